The van der Waals surface area contributed by atoms with Gasteiger partial charge in [0.05, 0.1) is 0 Å². The van der Waals surface area contributed by atoms with Crippen molar-refractivity contribution < 1.29 is 17.4 Å². The number of benzene rings is 1. The van der Waals surface area contributed by atoms with Gasteiger partial charge in [0.2, 0.25) is 0 Å². The SMILES string of the molecule is O=C(NCCc1ccccc1)O[SH](=O)=O. The standard InChI is InChI=1S/C9H11NO4S/c11-9(14-15(12)13)10-7-6-8-4-2-1-3-5-8/h1-5,15H,6-7H2,(H,10,11). The monoisotopic (exact) mass is 229 g/mol. The molecule has 0 heterocycles. The van der Waals surface area contributed by atoms with Crippen molar-refractivity contribution in [3.05, 3.63) is 35.9 Å². The van der Waals surface area contributed by atoms with Crippen LogP contribution in [-0.4, -0.2) is 21.1 Å². The molecule has 1 aromatic rings. The van der Waals surface area contributed by atoms with Crippen molar-refractivity contribution in [2.45, 2.75) is 6.42 Å². The van der Waals surface area contributed by atoms with Crippen LogP contribution in [0.5, 0.6) is 0 Å². The minimum absolute atomic E-state index is 0.339. The molecule has 1 N–H and O–H groups in total. The minimum Gasteiger partial charge on any atom is -0.330 e. The zero-order valence-corrected chi connectivity index (χ0v) is 8.78. The fraction of sp³-hybridized carbons (Fsp3) is 0.222. The average Bonchev–Trinajstić information content (AvgIpc) is 2.18. The smallest absolute Gasteiger partial charge is 0.330 e. The van der Waals surface area contributed by atoms with Crippen LogP contribution in [0.4, 0.5) is 4.79 Å². The predicted molar refractivity (Wildman–Crippen MR) is 54.9 cm³/mol. The number of amides is 1. The van der Waals surface area contributed by atoms with Crippen molar-refractivity contribution in [2.24, 2.45) is 0 Å². The van der Waals surface area contributed by atoms with Crippen LogP contribution in [0.1, 0.15) is 5.56 Å². The van der Waals surface area contributed by atoms with Gasteiger partial charge in [0.25, 0.3) is 0 Å². The molecule has 0 radical (unpaired) electrons. The number of carbonyl (C=O) groups is 1. The molecule has 0 unspecified atom stereocenters. The van der Waals surface area contributed by atoms with Crippen LogP contribution in [-0.2, 0) is 21.6 Å². The summed E-state index contributed by atoms with van der Waals surface area (Å²) in [5.41, 5.74) is 1.06. The summed E-state index contributed by atoms with van der Waals surface area (Å²) in [6.07, 6.45) is -0.312. The van der Waals surface area contributed by atoms with Gasteiger partial charge in [0.1, 0.15) is 0 Å². The van der Waals surface area contributed by atoms with E-state index in [1.54, 1.807) is 0 Å². The largest absolute Gasteiger partial charge is 0.422 e. The summed E-state index contributed by atoms with van der Waals surface area (Å²) >= 11 is 0. The van der Waals surface area contributed by atoms with Gasteiger partial charge in [-0.05, 0) is 12.0 Å². The van der Waals surface area contributed by atoms with Crippen LogP contribution < -0.4 is 5.32 Å². The Balaban J connectivity index is 2.25. The summed E-state index contributed by atoms with van der Waals surface area (Å²) in [6.45, 7) is 0.339. The summed E-state index contributed by atoms with van der Waals surface area (Å²) < 4.78 is 23.9. The van der Waals surface area contributed by atoms with E-state index in [9.17, 15) is 13.2 Å². The molecule has 0 atom stereocenters. The molecular weight excluding hydrogens is 218 g/mol. The second kappa shape index (κ2) is 6.02. The van der Waals surface area contributed by atoms with Crippen LogP contribution in [0, 0.1) is 0 Å². The van der Waals surface area contributed by atoms with Crippen LogP contribution in [0.15, 0.2) is 30.3 Å². The molecule has 82 valence electrons. The Morgan fingerprint density at radius 3 is 2.53 bits per heavy atom. The molecule has 0 aliphatic rings. The maximum absolute atomic E-state index is 10.7. The molecule has 0 saturated carbocycles. The van der Waals surface area contributed by atoms with Gasteiger partial charge in [-0.25, -0.2) is 4.79 Å². The summed E-state index contributed by atoms with van der Waals surface area (Å²) in [4.78, 5) is 10.7. The second-order valence-corrected chi connectivity index (χ2v) is 3.39. The Labute approximate surface area is 89.2 Å². The highest BCUT2D eigenvalue weighted by Gasteiger charge is 2.01. The number of hydrogen-bond acceptors (Lipinski definition) is 4. The number of carbonyl (C=O) groups excluding carboxylic acids is 1. The van der Waals surface area contributed by atoms with Gasteiger partial charge in [-0.1, -0.05) is 30.3 Å². The minimum atomic E-state index is -3.12. The zero-order chi connectivity index (χ0) is 11.1. The van der Waals surface area contributed by atoms with E-state index >= 15 is 0 Å². The van der Waals surface area contributed by atoms with Gasteiger partial charge in [-0.3, -0.25) is 0 Å². The first-order chi connectivity index (χ1) is 7.18. The summed E-state index contributed by atoms with van der Waals surface area (Å²) in [5, 5.41) is 2.32. The molecule has 1 rings (SSSR count). The van der Waals surface area contributed by atoms with Crippen molar-refractivity contribution in [3.8, 4) is 0 Å². The van der Waals surface area contributed by atoms with E-state index in [4.69, 9.17) is 0 Å². The Kier molecular flexibility index (Phi) is 4.62. The molecule has 0 fully saturated rings. The van der Waals surface area contributed by atoms with Gasteiger partial charge < -0.3 is 9.50 Å². The number of rotatable bonds is 4. The van der Waals surface area contributed by atoms with Crippen molar-refractivity contribution in [1.82, 2.24) is 5.32 Å². The molecular formula is C9H11NO4S. The fourth-order valence-electron chi connectivity index (χ4n) is 1.05. The average molecular weight is 229 g/mol. The van der Waals surface area contributed by atoms with E-state index in [-0.39, 0.29) is 0 Å². The van der Waals surface area contributed by atoms with E-state index in [1.165, 1.54) is 0 Å². The Morgan fingerprint density at radius 2 is 1.93 bits per heavy atom. The first-order valence-corrected chi connectivity index (χ1v) is 5.42. The molecule has 6 heteroatoms. The van der Waals surface area contributed by atoms with E-state index in [2.05, 4.69) is 9.50 Å². The quantitative estimate of drug-likeness (QED) is 0.737. The van der Waals surface area contributed by atoms with Crippen molar-refractivity contribution in [3.63, 3.8) is 0 Å². The molecule has 1 amide bonds. The molecule has 0 aliphatic carbocycles. The van der Waals surface area contributed by atoms with Gasteiger partial charge in [-0.2, -0.15) is 8.42 Å². The highest BCUT2D eigenvalue weighted by Crippen LogP contribution is 1.98. The third-order valence-electron chi connectivity index (χ3n) is 1.68. The van der Waals surface area contributed by atoms with Gasteiger partial charge in [0, 0.05) is 6.54 Å². The predicted octanol–water partition coefficient (Wildman–Crippen LogP) is 0.482. The number of nitrogens with one attached hydrogen (secondary N) is 1. The molecule has 5 nitrogen and oxygen atoms in total. The topological polar surface area (TPSA) is 72.5 Å². The van der Waals surface area contributed by atoms with Crippen LogP contribution >= 0.6 is 0 Å². The molecule has 0 saturated heterocycles. The molecule has 0 aromatic heterocycles. The Bertz CT molecular complexity index is 380. The fourth-order valence-corrected chi connectivity index (χ4v) is 1.25. The highest BCUT2D eigenvalue weighted by molar-refractivity contribution is 7.67. The third-order valence-corrected chi connectivity index (χ3v) is 2.00. The summed E-state index contributed by atoms with van der Waals surface area (Å²) in [5.74, 6) is 0. The third kappa shape index (κ3) is 5.02. The molecule has 1 aromatic carbocycles. The first-order valence-electron chi connectivity index (χ1n) is 4.32. The van der Waals surface area contributed by atoms with E-state index < -0.39 is 17.1 Å². The normalized spacial score (nSPS) is 9.93. The van der Waals surface area contributed by atoms with Gasteiger partial charge in [0.15, 0.2) is 0 Å². The lowest BCUT2D eigenvalue weighted by molar-refractivity contribution is 0.204. The van der Waals surface area contributed by atoms with Crippen molar-refractivity contribution in [2.75, 3.05) is 6.54 Å². The Hall–Kier alpha value is -1.56. The zero-order valence-electron chi connectivity index (χ0n) is 7.88. The molecule has 0 spiro atoms. The van der Waals surface area contributed by atoms with Crippen LogP contribution in [0.2, 0.25) is 0 Å². The maximum atomic E-state index is 10.7. The van der Waals surface area contributed by atoms with Crippen molar-refractivity contribution >= 4 is 17.1 Å². The number of hydrogen-bond donors (Lipinski definition) is 2. The van der Waals surface area contributed by atoms with Crippen molar-refractivity contribution in [1.29, 1.82) is 0 Å². The second-order valence-electron chi connectivity index (χ2n) is 2.76. The maximum Gasteiger partial charge on any atom is 0.422 e. The van der Waals surface area contributed by atoms with Gasteiger partial charge in [-0.15, -0.1) is 0 Å². The molecule has 15 heavy (non-hydrogen) atoms. The lowest BCUT2D eigenvalue weighted by Crippen LogP contribution is -2.25. The number of thiol groups is 1. The Morgan fingerprint density at radius 1 is 1.27 bits per heavy atom. The summed E-state index contributed by atoms with van der Waals surface area (Å²) in [6, 6.07) is 9.51. The van der Waals surface area contributed by atoms with Gasteiger partial charge >= 0.3 is 17.1 Å². The first kappa shape index (κ1) is 11.5. The van der Waals surface area contributed by atoms with E-state index in [0.29, 0.717) is 13.0 Å². The van der Waals surface area contributed by atoms with Crippen LogP contribution in [0.25, 0.3) is 0 Å². The van der Waals surface area contributed by atoms with Crippen LogP contribution in [0.3, 0.4) is 0 Å². The molecule has 0 aliphatic heterocycles. The highest BCUT2D eigenvalue weighted by atomic mass is 32.2. The lowest BCUT2D eigenvalue weighted by Gasteiger charge is -2.02. The summed E-state index contributed by atoms with van der Waals surface area (Å²) in [7, 11) is -3.12. The van der Waals surface area contributed by atoms with E-state index in [1.807, 2.05) is 30.3 Å². The molecule has 0 bridgehead atoms. The lowest BCUT2D eigenvalue weighted by atomic mass is 10.1. The van der Waals surface area contributed by atoms with E-state index in [0.717, 1.165) is 5.56 Å².